The zero-order chi connectivity index (χ0) is 14.8. The van der Waals surface area contributed by atoms with E-state index in [1.807, 2.05) is 43.3 Å². The number of amides is 1. The van der Waals surface area contributed by atoms with Gasteiger partial charge in [0, 0.05) is 17.0 Å². The van der Waals surface area contributed by atoms with E-state index >= 15 is 0 Å². The van der Waals surface area contributed by atoms with Gasteiger partial charge in [0.25, 0.3) is 0 Å². The fourth-order valence-corrected chi connectivity index (χ4v) is 2.40. The van der Waals surface area contributed by atoms with Crippen molar-refractivity contribution in [1.29, 1.82) is 0 Å². The Kier molecular flexibility index (Phi) is 4.68. The number of ether oxygens (including phenoxy) is 1. The lowest BCUT2D eigenvalue weighted by Gasteiger charge is -2.38. The lowest BCUT2D eigenvalue weighted by atomic mass is 9.88. The molecule has 1 amide bonds. The number of nitrogens with one attached hydrogen (secondary N) is 1. The predicted molar refractivity (Wildman–Crippen MR) is 79.8 cm³/mol. The summed E-state index contributed by atoms with van der Waals surface area (Å²) in [6.07, 6.45) is 0. The minimum absolute atomic E-state index is 0.00504. The van der Waals surface area contributed by atoms with Gasteiger partial charge in [-0.2, -0.15) is 0 Å². The highest BCUT2D eigenvalue weighted by molar-refractivity contribution is 6.30. The van der Waals surface area contributed by atoms with Crippen LogP contribution < -0.4 is 5.32 Å². The maximum atomic E-state index is 12.4. The summed E-state index contributed by atoms with van der Waals surface area (Å²) in [6, 6.07) is 7.09. The van der Waals surface area contributed by atoms with E-state index in [0.29, 0.717) is 24.8 Å². The Morgan fingerprint density at radius 1 is 1.40 bits per heavy atom. The molecule has 1 aromatic rings. The summed E-state index contributed by atoms with van der Waals surface area (Å²) >= 11 is 5.89. The first kappa shape index (κ1) is 15.3. The van der Waals surface area contributed by atoms with Gasteiger partial charge in [-0.25, -0.2) is 0 Å². The Hall–Kier alpha value is -1.10. The van der Waals surface area contributed by atoms with Gasteiger partial charge in [-0.15, -0.1) is 0 Å². The van der Waals surface area contributed by atoms with Crippen LogP contribution in [0.25, 0.3) is 0 Å². The average Bonchev–Trinajstić information content (AvgIpc) is 2.36. The number of halogens is 1. The smallest absolute Gasteiger partial charge is 0.241 e. The van der Waals surface area contributed by atoms with Crippen molar-refractivity contribution in [2.24, 2.45) is 5.41 Å². The summed E-state index contributed by atoms with van der Waals surface area (Å²) in [5.41, 5.74) is 1.01. The fraction of sp³-hybridized carbons (Fsp3) is 0.533. The van der Waals surface area contributed by atoms with Crippen molar-refractivity contribution in [3.05, 3.63) is 34.9 Å². The molecule has 0 spiro atoms. The van der Waals surface area contributed by atoms with E-state index in [4.69, 9.17) is 16.3 Å². The first-order valence-corrected chi connectivity index (χ1v) is 7.06. The number of hydrogen-bond acceptors (Lipinski definition) is 3. The Balaban J connectivity index is 2.04. The number of likely N-dealkylation sites (N-methyl/N-ethyl adjacent to an activating group) is 1. The van der Waals surface area contributed by atoms with Gasteiger partial charge in [0.1, 0.15) is 6.04 Å². The summed E-state index contributed by atoms with van der Waals surface area (Å²) in [6.45, 7) is 4.18. The van der Waals surface area contributed by atoms with E-state index in [0.717, 1.165) is 5.56 Å². The number of rotatable bonds is 5. The summed E-state index contributed by atoms with van der Waals surface area (Å²) < 4.78 is 5.20. The van der Waals surface area contributed by atoms with Crippen molar-refractivity contribution < 1.29 is 9.53 Å². The first-order valence-electron chi connectivity index (χ1n) is 6.69. The van der Waals surface area contributed by atoms with E-state index in [-0.39, 0.29) is 17.4 Å². The molecule has 0 bridgehead atoms. The molecular formula is C15H21ClN2O2. The molecule has 1 atom stereocenters. The Labute approximate surface area is 125 Å². The second-order valence-corrected chi connectivity index (χ2v) is 6.38. The van der Waals surface area contributed by atoms with Crippen LogP contribution in [0.1, 0.15) is 18.5 Å². The topological polar surface area (TPSA) is 41.6 Å². The van der Waals surface area contributed by atoms with Gasteiger partial charge in [-0.3, -0.25) is 9.69 Å². The van der Waals surface area contributed by atoms with Crippen LogP contribution in [-0.4, -0.2) is 44.7 Å². The quantitative estimate of drug-likeness (QED) is 0.905. The Morgan fingerprint density at radius 3 is 2.45 bits per heavy atom. The first-order chi connectivity index (χ1) is 9.41. The number of benzene rings is 1. The van der Waals surface area contributed by atoms with Crippen molar-refractivity contribution in [3.63, 3.8) is 0 Å². The molecule has 0 aromatic heterocycles. The molecule has 1 heterocycles. The normalized spacial score (nSPS) is 18.4. The highest BCUT2D eigenvalue weighted by atomic mass is 35.5. The SMILES string of the molecule is CN(C)C(C(=O)NCC1(C)COC1)c1ccc(Cl)cc1. The van der Waals surface area contributed by atoms with Crippen molar-refractivity contribution in [1.82, 2.24) is 10.2 Å². The van der Waals surface area contributed by atoms with Crippen LogP contribution in [0.15, 0.2) is 24.3 Å². The van der Waals surface area contributed by atoms with Crippen molar-refractivity contribution in [3.8, 4) is 0 Å². The maximum absolute atomic E-state index is 12.4. The molecular weight excluding hydrogens is 276 g/mol. The summed E-state index contributed by atoms with van der Waals surface area (Å²) in [5, 5.41) is 3.70. The molecule has 1 aliphatic heterocycles. The van der Waals surface area contributed by atoms with Gasteiger partial charge in [-0.1, -0.05) is 30.7 Å². The zero-order valence-corrected chi connectivity index (χ0v) is 12.9. The second kappa shape index (κ2) is 6.12. The van der Waals surface area contributed by atoms with Crippen molar-refractivity contribution in [2.75, 3.05) is 33.9 Å². The number of carbonyl (C=O) groups excluding carboxylic acids is 1. The molecule has 2 rings (SSSR count). The van der Waals surface area contributed by atoms with Gasteiger partial charge < -0.3 is 10.1 Å². The third-order valence-corrected chi connectivity index (χ3v) is 3.79. The molecule has 1 aliphatic rings. The van der Waals surface area contributed by atoms with E-state index in [9.17, 15) is 4.79 Å². The predicted octanol–water partition coefficient (Wildman–Crippen LogP) is 2.10. The maximum Gasteiger partial charge on any atom is 0.241 e. The third-order valence-electron chi connectivity index (χ3n) is 3.54. The standard InChI is InChI=1S/C15H21ClN2O2/c1-15(9-20-10-15)8-17-14(19)13(18(2)3)11-4-6-12(16)7-5-11/h4-7,13H,8-10H2,1-3H3,(H,17,19). The molecule has 1 aromatic carbocycles. The lowest BCUT2D eigenvalue weighted by Crippen LogP contribution is -2.50. The van der Waals surface area contributed by atoms with Crippen LogP contribution in [0.5, 0.6) is 0 Å². The third kappa shape index (κ3) is 3.51. The highest BCUT2D eigenvalue weighted by Gasteiger charge is 2.34. The van der Waals surface area contributed by atoms with Gasteiger partial charge in [0.05, 0.1) is 13.2 Å². The van der Waals surface area contributed by atoms with Crippen LogP contribution in [-0.2, 0) is 9.53 Å². The number of nitrogens with zero attached hydrogens (tertiary/aromatic N) is 1. The van der Waals surface area contributed by atoms with Gasteiger partial charge >= 0.3 is 0 Å². The Morgan fingerprint density at radius 2 is 2.00 bits per heavy atom. The van der Waals surface area contributed by atoms with Gasteiger partial charge in [-0.05, 0) is 31.8 Å². The van der Waals surface area contributed by atoms with Crippen molar-refractivity contribution in [2.45, 2.75) is 13.0 Å². The molecule has 5 heteroatoms. The highest BCUT2D eigenvalue weighted by Crippen LogP contribution is 2.26. The average molecular weight is 297 g/mol. The van der Waals surface area contributed by atoms with Crippen LogP contribution in [0.2, 0.25) is 5.02 Å². The van der Waals surface area contributed by atoms with Crippen LogP contribution in [0.4, 0.5) is 0 Å². The molecule has 0 aliphatic carbocycles. The molecule has 1 saturated heterocycles. The monoisotopic (exact) mass is 296 g/mol. The number of carbonyl (C=O) groups is 1. The molecule has 1 N–H and O–H groups in total. The molecule has 1 unspecified atom stereocenters. The van der Waals surface area contributed by atoms with Crippen molar-refractivity contribution >= 4 is 17.5 Å². The minimum Gasteiger partial charge on any atom is -0.380 e. The minimum atomic E-state index is -0.308. The molecule has 1 fully saturated rings. The van der Waals surface area contributed by atoms with E-state index in [1.165, 1.54) is 0 Å². The van der Waals surface area contributed by atoms with Crippen LogP contribution in [0.3, 0.4) is 0 Å². The molecule has 0 saturated carbocycles. The van der Waals surface area contributed by atoms with Gasteiger partial charge in [0.15, 0.2) is 0 Å². The van der Waals surface area contributed by atoms with E-state index in [1.54, 1.807) is 0 Å². The summed E-state index contributed by atoms with van der Waals surface area (Å²) in [7, 11) is 3.79. The zero-order valence-electron chi connectivity index (χ0n) is 12.1. The summed E-state index contributed by atoms with van der Waals surface area (Å²) in [5.74, 6) is 0.00504. The van der Waals surface area contributed by atoms with Crippen LogP contribution >= 0.6 is 11.6 Å². The fourth-order valence-electron chi connectivity index (χ4n) is 2.28. The lowest BCUT2D eigenvalue weighted by molar-refractivity contribution is -0.131. The molecule has 0 radical (unpaired) electrons. The molecule has 110 valence electrons. The number of hydrogen-bond donors (Lipinski definition) is 1. The molecule has 4 nitrogen and oxygen atoms in total. The Bertz CT molecular complexity index is 469. The van der Waals surface area contributed by atoms with E-state index < -0.39 is 0 Å². The molecule has 20 heavy (non-hydrogen) atoms. The summed E-state index contributed by atoms with van der Waals surface area (Å²) in [4.78, 5) is 14.3. The van der Waals surface area contributed by atoms with Gasteiger partial charge in [0.2, 0.25) is 5.91 Å². The largest absolute Gasteiger partial charge is 0.380 e. The second-order valence-electron chi connectivity index (χ2n) is 5.94. The van der Waals surface area contributed by atoms with E-state index in [2.05, 4.69) is 12.2 Å². The van der Waals surface area contributed by atoms with Crippen LogP contribution in [0, 0.1) is 5.41 Å².